The molecule has 1 aromatic carbocycles. The molecule has 94 valence electrons. The second-order valence-electron chi connectivity index (χ2n) is 5.41. The predicted octanol–water partition coefficient (Wildman–Crippen LogP) is 3.33. The molecule has 0 radical (unpaired) electrons. The molecule has 0 spiro atoms. The summed E-state index contributed by atoms with van der Waals surface area (Å²) >= 11 is 0. The van der Waals surface area contributed by atoms with Gasteiger partial charge in [0.25, 0.3) is 0 Å². The number of benzene rings is 1. The van der Waals surface area contributed by atoms with Crippen LogP contribution in [0, 0.1) is 5.41 Å². The van der Waals surface area contributed by atoms with E-state index in [0.717, 1.165) is 18.8 Å². The van der Waals surface area contributed by atoms with Crippen molar-refractivity contribution in [3.8, 4) is 0 Å². The fourth-order valence-corrected chi connectivity index (χ4v) is 2.89. The smallest absolute Gasteiger partial charge is 0.0314 e. The predicted molar refractivity (Wildman–Crippen MR) is 73.8 cm³/mol. The highest BCUT2D eigenvalue weighted by molar-refractivity contribution is 5.39. The minimum absolute atomic E-state index is 0.577. The number of hydrogen-bond donors (Lipinski definition) is 2. The summed E-state index contributed by atoms with van der Waals surface area (Å²) in [6, 6.07) is 8.16. The van der Waals surface area contributed by atoms with Crippen LogP contribution < -0.4 is 11.1 Å². The van der Waals surface area contributed by atoms with Crippen LogP contribution in [0.15, 0.2) is 24.3 Å². The average molecular weight is 232 g/mol. The molecule has 1 aromatic rings. The van der Waals surface area contributed by atoms with Crippen molar-refractivity contribution in [2.45, 2.75) is 45.6 Å². The number of nitrogen functional groups attached to an aromatic ring is 1. The number of nitrogens with one attached hydrogen (secondary N) is 1. The van der Waals surface area contributed by atoms with Crippen LogP contribution in [-0.2, 0) is 6.54 Å². The highest BCUT2D eigenvalue weighted by Crippen LogP contribution is 2.40. The molecule has 0 bridgehead atoms. The van der Waals surface area contributed by atoms with Gasteiger partial charge in [-0.3, -0.25) is 0 Å². The minimum Gasteiger partial charge on any atom is -0.399 e. The van der Waals surface area contributed by atoms with E-state index < -0.39 is 0 Å². The van der Waals surface area contributed by atoms with E-state index in [1.54, 1.807) is 0 Å². The van der Waals surface area contributed by atoms with Crippen LogP contribution in [0.1, 0.15) is 44.6 Å². The van der Waals surface area contributed by atoms with Crippen molar-refractivity contribution in [3.63, 3.8) is 0 Å². The van der Waals surface area contributed by atoms with Gasteiger partial charge < -0.3 is 11.1 Å². The number of rotatable bonds is 5. The van der Waals surface area contributed by atoms with E-state index in [2.05, 4.69) is 24.4 Å². The third-order valence-corrected chi connectivity index (χ3v) is 4.22. The van der Waals surface area contributed by atoms with E-state index in [0.29, 0.717) is 5.41 Å². The topological polar surface area (TPSA) is 38.0 Å². The summed E-state index contributed by atoms with van der Waals surface area (Å²) in [4.78, 5) is 0. The van der Waals surface area contributed by atoms with E-state index in [-0.39, 0.29) is 0 Å². The molecule has 3 N–H and O–H groups in total. The third kappa shape index (κ3) is 3.22. The summed E-state index contributed by atoms with van der Waals surface area (Å²) in [7, 11) is 0. The second kappa shape index (κ2) is 5.54. The molecule has 0 aliphatic heterocycles. The molecular weight excluding hydrogens is 208 g/mol. The number of nitrogens with two attached hydrogens (primary N) is 1. The lowest BCUT2D eigenvalue weighted by Crippen LogP contribution is -2.31. The first-order valence-corrected chi connectivity index (χ1v) is 6.79. The zero-order valence-corrected chi connectivity index (χ0v) is 10.8. The molecule has 0 saturated heterocycles. The van der Waals surface area contributed by atoms with E-state index in [1.165, 1.54) is 37.7 Å². The van der Waals surface area contributed by atoms with Gasteiger partial charge in [0.15, 0.2) is 0 Å². The van der Waals surface area contributed by atoms with Gasteiger partial charge in [-0.25, -0.2) is 0 Å². The fraction of sp³-hybridized carbons (Fsp3) is 0.600. The summed E-state index contributed by atoms with van der Waals surface area (Å²) in [5, 5.41) is 3.61. The van der Waals surface area contributed by atoms with Crippen molar-refractivity contribution in [3.05, 3.63) is 29.8 Å². The van der Waals surface area contributed by atoms with Gasteiger partial charge in [-0.2, -0.15) is 0 Å². The molecular formula is C15H24N2. The molecule has 2 rings (SSSR count). The van der Waals surface area contributed by atoms with Gasteiger partial charge in [-0.05, 0) is 42.4 Å². The van der Waals surface area contributed by atoms with Crippen LogP contribution in [0.3, 0.4) is 0 Å². The lowest BCUT2D eigenvalue weighted by atomic mass is 9.83. The summed E-state index contributed by atoms with van der Waals surface area (Å²) in [5.41, 5.74) is 8.42. The Morgan fingerprint density at radius 3 is 2.41 bits per heavy atom. The first kappa shape index (κ1) is 12.4. The van der Waals surface area contributed by atoms with Crippen molar-refractivity contribution in [2.24, 2.45) is 5.41 Å². The Morgan fingerprint density at radius 1 is 1.18 bits per heavy atom. The van der Waals surface area contributed by atoms with Crippen molar-refractivity contribution >= 4 is 5.69 Å². The zero-order chi connectivity index (χ0) is 12.1. The van der Waals surface area contributed by atoms with E-state index in [9.17, 15) is 0 Å². The molecule has 0 heterocycles. The van der Waals surface area contributed by atoms with Gasteiger partial charge in [-0.1, -0.05) is 31.9 Å². The molecule has 0 amide bonds. The van der Waals surface area contributed by atoms with Crippen molar-refractivity contribution in [1.82, 2.24) is 5.32 Å². The quantitative estimate of drug-likeness (QED) is 0.764. The Kier molecular flexibility index (Phi) is 4.06. The highest BCUT2D eigenvalue weighted by atomic mass is 14.9. The fourth-order valence-electron chi connectivity index (χ4n) is 2.89. The molecule has 1 fully saturated rings. The van der Waals surface area contributed by atoms with Crippen molar-refractivity contribution < 1.29 is 0 Å². The SMILES string of the molecule is CCC1(CNCc2ccc(N)cc2)CCCC1. The Morgan fingerprint density at radius 2 is 1.82 bits per heavy atom. The van der Waals surface area contributed by atoms with Crippen LogP contribution in [0.5, 0.6) is 0 Å². The first-order chi connectivity index (χ1) is 8.24. The summed E-state index contributed by atoms with van der Waals surface area (Å²) in [5.74, 6) is 0. The number of anilines is 1. The lowest BCUT2D eigenvalue weighted by molar-refractivity contribution is 0.268. The minimum atomic E-state index is 0.577. The third-order valence-electron chi connectivity index (χ3n) is 4.22. The highest BCUT2D eigenvalue weighted by Gasteiger charge is 2.31. The maximum atomic E-state index is 5.68. The van der Waals surface area contributed by atoms with Crippen LogP contribution >= 0.6 is 0 Å². The molecule has 0 unspecified atom stereocenters. The first-order valence-electron chi connectivity index (χ1n) is 6.79. The average Bonchev–Trinajstić information content (AvgIpc) is 2.81. The lowest BCUT2D eigenvalue weighted by Gasteiger charge is -2.27. The standard InChI is InChI=1S/C15H24N2/c1-2-15(9-3-4-10-15)12-17-11-13-5-7-14(16)8-6-13/h5-8,17H,2-4,9-12,16H2,1H3. The molecule has 0 aromatic heterocycles. The second-order valence-corrected chi connectivity index (χ2v) is 5.41. The molecule has 1 aliphatic rings. The van der Waals surface area contributed by atoms with Gasteiger partial charge in [0.1, 0.15) is 0 Å². The molecule has 17 heavy (non-hydrogen) atoms. The van der Waals surface area contributed by atoms with Gasteiger partial charge in [-0.15, -0.1) is 0 Å². The Labute approximate surface area is 105 Å². The molecule has 0 atom stereocenters. The molecule has 1 saturated carbocycles. The zero-order valence-electron chi connectivity index (χ0n) is 10.8. The summed E-state index contributed by atoms with van der Waals surface area (Å²) < 4.78 is 0. The van der Waals surface area contributed by atoms with Crippen LogP contribution in [0.25, 0.3) is 0 Å². The Hall–Kier alpha value is -1.02. The van der Waals surface area contributed by atoms with Crippen LogP contribution in [-0.4, -0.2) is 6.54 Å². The van der Waals surface area contributed by atoms with E-state index >= 15 is 0 Å². The molecule has 2 heteroatoms. The monoisotopic (exact) mass is 232 g/mol. The van der Waals surface area contributed by atoms with E-state index in [1.807, 2.05) is 12.1 Å². The van der Waals surface area contributed by atoms with Gasteiger partial charge >= 0.3 is 0 Å². The number of hydrogen-bond acceptors (Lipinski definition) is 2. The summed E-state index contributed by atoms with van der Waals surface area (Å²) in [6.07, 6.45) is 6.94. The summed E-state index contributed by atoms with van der Waals surface area (Å²) in [6.45, 7) is 4.45. The largest absolute Gasteiger partial charge is 0.399 e. The molecule has 1 aliphatic carbocycles. The van der Waals surface area contributed by atoms with E-state index in [4.69, 9.17) is 5.73 Å². The van der Waals surface area contributed by atoms with Gasteiger partial charge in [0.05, 0.1) is 0 Å². The Balaban J connectivity index is 1.80. The normalized spacial score (nSPS) is 18.4. The van der Waals surface area contributed by atoms with Crippen LogP contribution in [0.4, 0.5) is 5.69 Å². The maximum Gasteiger partial charge on any atom is 0.0314 e. The molecule has 2 nitrogen and oxygen atoms in total. The maximum absolute atomic E-state index is 5.68. The van der Waals surface area contributed by atoms with Crippen molar-refractivity contribution in [2.75, 3.05) is 12.3 Å². The van der Waals surface area contributed by atoms with Crippen LogP contribution in [0.2, 0.25) is 0 Å². The van der Waals surface area contributed by atoms with Gasteiger partial charge in [0, 0.05) is 18.8 Å². The van der Waals surface area contributed by atoms with Crippen molar-refractivity contribution in [1.29, 1.82) is 0 Å². The Bertz CT molecular complexity index is 336. The van der Waals surface area contributed by atoms with Gasteiger partial charge in [0.2, 0.25) is 0 Å².